The van der Waals surface area contributed by atoms with E-state index in [4.69, 9.17) is 14.6 Å². The number of aryl methyl sites for hydroxylation is 1. The number of methoxy groups -OCH3 is 2. The zero-order valence-electron chi connectivity index (χ0n) is 10.1. The highest BCUT2D eigenvalue weighted by molar-refractivity contribution is 7.99. The lowest BCUT2D eigenvalue weighted by Gasteiger charge is -2.12. The average Bonchev–Trinajstić information content (AvgIpc) is 2.30. The molecule has 0 aliphatic heterocycles. The van der Waals surface area contributed by atoms with Crippen LogP contribution in [0.25, 0.3) is 0 Å². The molecule has 0 aliphatic rings. The van der Waals surface area contributed by atoms with Crippen LogP contribution in [0.1, 0.15) is 12.0 Å². The predicted molar refractivity (Wildman–Crippen MR) is 67.3 cm³/mol. The monoisotopic (exact) mass is 256 g/mol. The van der Waals surface area contributed by atoms with Gasteiger partial charge in [-0.25, -0.2) is 0 Å². The normalized spacial score (nSPS) is 10.1. The third-order valence-corrected chi connectivity index (χ3v) is 3.29. The fraction of sp³-hybridized carbons (Fsp3) is 0.417. The van der Waals surface area contributed by atoms with Crippen LogP contribution in [0.5, 0.6) is 11.5 Å². The van der Waals surface area contributed by atoms with Crippen molar-refractivity contribution in [2.24, 2.45) is 0 Å². The number of carboxylic acid groups (broad SMARTS) is 1. The average molecular weight is 256 g/mol. The Kier molecular flexibility index (Phi) is 5.15. The van der Waals surface area contributed by atoms with Crippen LogP contribution in [0.15, 0.2) is 17.0 Å². The Morgan fingerprint density at radius 2 is 1.94 bits per heavy atom. The van der Waals surface area contributed by atoms with Gasteiger partial charge in [0.1, 0.15) is 11.5 Å². The number of thioether (sulfide) groups is 1. The molecular weight excluding hydrogens is 240 g/mol. The summed E-state index contributed by atoms with van der Waals surface area (Å²) < 4.78 is 10.5. The summed E-state index contributed by atoms with van der Waals surface area (Å²) in [5.74, 6) is 1.25. The molecule has 0 aromatic heterocycles. The Labute approximate surface area is 105 Å². The van der Waals surface area contributed by atoms with Crippen molar-refractivity contribution in [3.8, 4) is 11.5 Å². The van der Waals surface area contributed by atoms with Gasteiger partial charge in [0.15, 0.2) is 0 Å². The van der Waals surface area contributed by atoms with Crippen LogP contribution in [0.4, 0.5) is 0 Å². The second-order valence-corrected chi connectivity index (χ2v) is 4.60. The molecule has 0 amide bonds. The van der Waals surface area contributed by atoms with Gasteiger partial charge in [0.05, 0.1) is 25.5 Å². The first kappa shape index (κ1) is 13.7. The van der Waals surface area contributed by atoms with Crippen molar-refractivity contribution in [3.05, 3.63) is 17.7 Å². The third kappa shape index (κ3) is 3.85. The fourth-order valence-electron chi connectivity index (χ4n) is 1.38. The van der Waals surface area contributed by atoms with E-state index in [1.807, 2.05) is 19.1 Å². The van der Waals surface area contributed by atoms with Crippen LogP contribution in [-0.4, -0.2) is 31.0 Å². The van der Waals surface area contributed by atoms with Crippen LogP contribution < -0.4 is 9.47 Å². The van der Waals surface area contributed by atoms with Crippen molar-refractivity contribution in [1.29, 1.82) is 0 Å². The maximum Gasteiger partial charge on any atom is 0.304 e. The molecule has 5 heteroatoms. The Bertz CT molecular complexity index is 404. The lowest BCUT2D eigenvalue weighted by atomic mass is 10.2. The van der Waals surface area contributed by atoms with Gasteiger partial charge in [0.2, 0.25) is 0 Å². The first-order chi connectivity index (χ1) is 8.08. The zero-order valence-corrected chi connectivity index (χ0v) is 11.0. The van der Waals surface area contributed by atoms with Crippen molar-refractivity contribution in [2.75, 3.05) is 20.0 Å². The third-order valence-electron chi connectivity index (χ3n) is 2.25. The quantitative estimate of drug-likeness (QED) is 0.793. The molecule has 0 atom stereocenters. The maximum atomic E-state index is 10.5. The molecule has 0 bridgehead atoms. The van der Waals surface area contributed by atoms with E-state index in [1.54, 1.807) is 14.2 Å². The van der Waals surface area contributed by atoms with Gasteiger partial charge in [0.25, 0.3) is 0 Å². The van der Waals surface area contributed by atoms with Gasteiger partial charge in [-0.05, 0) is 24.6 Å². The zero-order chi connectivity index (χ0) is 12.8. The van der Waals surface area contributed by atoms with E-state index in [2.05, 4.69) is 0 Å². The Hall–Kier alpha value is -1.36. The number of hydrogen-bond donors (Lipinski definition) is 1. The molecule has 0 radical (unpaired) electrons. The Morgan fingerprint density at radius 1 is 1.29 bits per heavy atom. The summed E-state index contributed by atoms with van der Waals surface area (Å²) in [7, 11) is 3.21. The van der Waals surface area contributed by atoms with E-state index in [9.17, 15) is 4.79 Å². The van der Waals surface area contributed by atoms with Crippen LogP contribution in [-0.2, 0) is 4.79 Å². The van der Waals surface area contributed by atoms with Gasteiger partial charge >= 0.3 is 5.97 Å². The van der Waals surface area contributed by atoms with E-state index < -0.39 is 5.97 Å². The number of carboxylic acids is 1. The molecule has 0 unspecified atom stereocenters. The highest BCUT2D eigenvalue weighted by atomic mass is 32.2. The van der Waals surface area contributed by atoms with Crippen LogP contribution in [0, 0.1) is 6.92 Å². The summed E-state index contributed by atoms with van der Waals surface area (Å²) in [6, 6.07) is 3.77. The van der Waals surface area contributed by atoms with Crippen LogP contribution in [0.2, 0.25) is 0 Å². The van der Waals surface area contributed by atoms with E-state index in [0.717, 1.165) is 22.0 Å². The summed E-state index contributed by atoms with van der Waals surface area (Å²) in [6.07, 6.45) is 0.129. The molecule has 0 saturated heterocycles. The molecule has 0 aliphatic carbocycles. The minimum atomic E-state index is -0.796. The minimum absolute atomic E-state index is 0.129. The summed E-state index contributed by atoms with van der Waals surface area (Å²) in [6.45, 7) is 1.94. The van der Waals surface area contributed by atoms with E-state index in [1.165, 1.54) is 11.8 Å². The van der Waals surface area contributed by atoms with Gasteiger partial charge in [-0.1, -0.05) is 0 Å². The SMILES string of the molecule is COc1cc(SCCC(=O)O)c(OC)cc1C. The van der Waals surface area contributed by atoms with Crippen molar-refractivity contribution in [2.45, 2.75) is 18.2 Å². The number of ether oxygens (including phenoxy) is 2. The number of rotatable bonds is 6. The first-order valence-corrected chi connectivity index (χ1v) is 6.14. The summed E-state index contributed by atoms with van der Waals surface area (Å²) in [5, 5.41) is 8.59. The van der Waals surface area contributed by atoms with Crippen molar-refractivity contribution in [3.63, 3.8) is 0 Å². The predicted octanol–water partition coefficient (Wildman–Crippen LogP) is 2.58. The van der Waals surface area contributed by atoms with Crippen LogP contribution >= 0.6 is 11.8 Å². The van der Waals surface area contributed by atoms with E-state index in [-0.39, 0.29) is 6.42 Å². The van der Waals surface area contributed by atoms with Crippen LogP contribution in [0.3, 0.4) is 0 Å². The van der Waals surface area contributed by atoms with Gasteiger partial charge in [-0.3, -0.25) is 4.79 Å². The molecule has 1 aromatic rings. The summed E-state index contributed by atoms with van der Waals surface area (Å²) >= 11 is 1.45. The van der Waals surface area contributed by atoms with Gasteiger partial charge in [0, 0.05) is 5.75 Å². The van der Waals surface area contributed by atoms with Crippen molar-refractivity contribution in [1.82, 2.24) is 0 Å². The molecule has 1 aromatic carbocycles. The molecule has 1 rings (SSSR count). The molecule has 4 nitrogen and oxygen atoms in total. The molecule has 1 N–H and O–H groups in total. The molecule has 0 saturated carbocycles. The number of carbonyl (C=O) groups is 1. The van der Waals surface area contributed by atoms with Gasteiger partial charge < -0.3 is 14.6 Å². The molecule has 94 valence electrons. The summed E-state index contributed by atoms with van der Waals surface area (Å²) in [4.78, 5) is 11.4. The first-order valence-electron chi connectivity index (χ1n) is 5.15. The highest BCUT2D eigenvalue weighted by Gasteiger charge is 2.09. The van der Waals surface area contributed by atoms with Crippen molar-refractivity contribution < 1.29 is 19.4 Å². The maximum absolute atomic E-state index is 10.5. The van der Waals surface area contributed by atoms with Gasteiger partial charge in [-0.2, -0.15) is 0 Å². The Morgan fingerprint density at radius 3 is 2.47 bits per heavy atom. The van der Waals surface area contributed by atoms with Gasteiger partial charge in [-0.15, -0.1) is 11.8 Å². The number of aliphatic carboxylic acids is 1. The largest absolute Gasteiger partial charge is 0.496 e. The Balaban J connectivity index is 2.84. The van der Waals surface area contributed by atoms with E-state index in [0.29, 0.717) is 5.75 Å². The molecule has 0 fully saturated rings. The second kappa shape index (κ2) is 6.39. The lowest BCUT2D eigenvalue weighted by Crippen LogP contribution is -1.97. The fourth-order valence-corrected chi connectivity index (χ4v) is 2.35. The lowest BCUT2D eigenvalue weighted by molar-refractivity contribution is -0.136. The highest BCUT2D eigenvalue weighted by Crippen LogP contribution is 2.35. The molecule has 0 spiro atoms. The number of benzene rings is 1. The molecular formula is C12H16O4S. The van der Waals surface area contributed by atoms with E-state index >= 15 is 0 Å². The standard InChI is InChI=1S/C12H16O4S/c1-8-6-10(16-3)11(7-9(8)15-2)17-5-4-12(13)14/h6-7H,4-5H2,1-3H3,(H,13,14). The molecule has 0 heterocycles. The second-order valence-electron chi connectivity index (χ2n) is 3.46. The number of hydrogen-bond acceptors (Lipinski definition) is 4. The summed E-state index contributed by atoms with van der Waals surface area (Å²) in [5.41, 5.74) is 0.993. The topological polar surface area (TPSA) is 55.8 Å². The minimum Gasteiger partial charge on any atom is -0.496 e. The smallest absolute Gasteiger partial charge is 0.304 e. The molecule has 17 heavy (non-hydrogen) atoms. The van der Waals surface area contributed by atoms with Crippen molar-refractivity contribution >= 4 is 17.7 Å².